The van der Waals surface area contributed by atoms with Gasteiger partial charge in [-0.1, -0.05) is 56.3 Å². The molecule has 0 aliphatic carbocycles. The third kappa shape index (κ3) is 6.04. The number of thioether (sulfide) groups is 1. The fraction of sp³-hybridized carbons (Fsp3) is 0.292. The van der Waals surface area contributed by atoms with Crippen LogP contribution in [0.3, 0.4) is 0 Å². The number of hydrogen-bond acceptors (Lipinski definition) is 6. The first-order valence-electron chi connectivity index (χ1n) is 11.1. The van der Waals surface area contributed by atoms with Gasteiger partial charge in [0.2, 0.25) is 0 Å². The fourth-order valence-electron chi connectivity index (χ4n) is 3.63. The molecular formula is C24H28N4O5S2. The Hall–Kier alpha value is -3.31. The van der Waals surface area contributed by atoms with Crippen LogP contribution in [0.1, 0.15) is 42.1 Å². The van der Waals surface area contributed by atoms with Crippen molar-refractivity contribution in [1.29, 1.82) is 0 Å². The summed E-state index contributed by atoms with van der Waals surface area (Å²) in [5.41, 5.74) is 2.09. The van der Waals surface area contributed by atoms with Crippen molar-refractivity contribution >= 4 is 33.8 Å². The topological polar surface area (TPSA) is 130 Å². The van der Waals surface area contributed by atoms with Gasteiger partial charge in [-0.05, 0) is 29.9 Å². The number of rotatable bonds is 10. The number of sulfonamides is 1. The second-order valence-electron chi connectivity index (χ2n) is 7.69. The molecule has 2 aromatic carbocycles. The summed E-state index contributed by atoms with van der Waals surface area (Å²) in [5.74, 6) is -0.354. The molecule has 186 valence electrons. The Morgan fingerprint density at radius 2 is 1.77 bits per heavy atom. The minimum atomic E-state index is -4.09. The number of aromatic nitrogens is 2. The molecule has 0 spiro atoms. The van der Waals surface area contributed by atoms with E-state index in [2.05, 4.69) is 15.0 Å². The van der Waals surface area contributed by atoms with Crippen molar-refractivity contribution in [1.82, 2.24) is 19.6 Å². The normalized spacial score (nSPS) is 11.3. The van der Waals surface area contributed by atoms with Gasteiger partial charge in [0.1, 0.15) is 10.9 Å². The van der Waals surface area contributed by atoms with E-state index in [1.165, 1.54) is 17.8 Å². The Balaban J connectivity index is 1.91. The molecule has 0 radical (unpaired) electrons. The lowest BCUT2D eigenvalue weighted by Crippen LogP contribution is -2.39. The number of nitrogens with one attached hydrogen (secondary N) is 2. The summed E-state index contributed by atoms with van der Waals surface area (Å²) >= 11 is 1.29. The van der Waals surface area contributed by atoms with Crippen LogP contribution in [0, 0.1) is 0 Å². The number of urea groups is 1. The first-order valence-corrected chi connectivity index (χ1v) is 13.8. The molecular weight excluding hydrogens is 488 g/mol. The highest BCUT2D eigenvalue weighted by Gasteiger charge is 2.23. The lowest BCUT2D eigenvalue weighted by atomic mass is 10.0. The maximum absolute atomic E-state index is 12.9. The summed E-state index contributed by atoms with van der Waals surface area (Å²) in [6.07, 6.45) is 3.06. The first kappa shape index (κ1) is 26.3. The Morgan fingerprint density at radius 3 is 2.37 bits per heavy atom. The van der Waals surface area contributed by atoms with E-state index in [1.807, 2.05) is 26.0 Å². The first-order chi connectivity index (χ1) is 16.7. The van der Waals surface area contributed by atoms with Gasteiger partial charge in [0, 0.05) is 25.1 Å². The second kappa shape index (κ2) is 11.4. The predicted molar refractivity (Wildman–Crippen MR) is 135 cm³/mol. The molecule has 3 rings (SSSR count). The van der Waals surface area contributed by atoms with Gasteiger partial charge in [0.05, 0.1) is 4.90 Å². The van der Waals surface area contributed by atoms with Crippen LogP contribution in [0.25, 0.3) is 11.1 Å². The van der Waals surface area contributed by atoms with E-state index < -0.39 is 22.0 Å². The molecule has 9 nitrogen and oxygen atoms in total. The van der Waals surface area contributed by atoms with Crippen molar-refractivity contribution < 1.29 is 23.1 Å². The van der Waals surface area contributed by atoms with E-state index in [1.54, 1.807) is 41.2 Å². The Morgan fingerprint density at radius 1 is 1.09 bits per heavy atom. The molecule has 0 unspecified atom stereocenters. The third-order valence-corrected chi connectivity index (χ3v) is 7.33. The number of carbonyl (C=O) groups excluding carboxylic acids is 1. The summed E-state index contributed by atoms with van der Waals surface area (Å²) in [7, 11) is -4.09. The highest BCUT2D eigenvalue weighted by Crippen LogP contribution is 2.28. The molecule has 0 fully saturated rings. The number of hydrogen-bond donors (Lipinski definition) is 3. The summed E-state index contributed by atoms with van der Waals surface area (Å²) in [6, 6.07) is 12.9. The van der Waals surface area contributed by atoms with Gasteiger partial charge in [-0.3, -0.25) is 0 Å². The number of amides is 2. The van der Waals surface area contributed by atoms with Gasteiger partial charge in [-0.2, -0.15) is 0 Å². The minimum absolute atomic E-state index is 0.0138. The molecule has 11 heteroatoms. The summed E-state index contributed by atoms with van der Waals surface area (Å²) < 4.78 is 29.5. The highest BCUT2D eigenvalue weighted by molar-refractivity contribution is 7.98. The summed E-state index contributed by atoms with van der Waals surface area (Å²) in [6.45, 7) is 4.47. The molecule has 1 heterocycles. The van der Waals surface area contributed by atoms with E-state index >= 15 is 0 Å². The molecule has 0 aliphatic heterocycles. The van der Waals surface area contributed by atoms with Gasteiger partial charge >= 0.3 is 12.0 Å². The van der Waals surface area contributed by atoms with Crippen molar-refractivity contribution in [2.24, 2.45) is 0 Å². The summed E-state index contributed by atoms with van der Waals surface area (Å²) in [5, 5.41) is 12.7. The van der Waals surface area contributed by atoms with E-state index in [-0.39, 0.29) is 10.6 Å². The molecule has 3 aromatic rings. The Labute approximate surface area is 209 Å². The number of carboxylic acid groups (broad SMARTS) is 1. The molecule has 2 amide bonds. The van der Waals surface area contributed by atoms with Gasteiger partial charge in [0.25, 0.3) is 10.0 Å². The highest BCUT2D eigenvalue weighted by atomic mass is 32.2. The molecule has 1 aromatic heterocycles. The zero-order valence-corrected chi connectivity index (χ0v) is 21.4. The predicted octanol–water partition coefficient (Wildman–Crippen LogP) is 3.98. The van der Waals surface area contributed by atoms with E-state index in [9.17, 15) is 23.1 Å². The molecule has 35 heavy (non-hydrogen) atoms. The van der Waals surface area contributed by atoms with Crippen LogP contribution in [0.5, 0.6) is 0 Å². The van der Waals surface area contributed by atoms with E-state index in [0.717, 1.165) is 5.56 Å². The Kier molecular flexibility index (Phi) is 8.57. The number of aryl methyl sites for hydroxylation is 1. The van der Waals surface area contributed by atoms with Crippen LogP contribution in [0.15, 0.2) is 58.5 Å². The number of nitrogens with zero attached hydrogens (tertiary/aromatic N) is 2. The van der Waals surface area contributed by atoms with Crippen molar-refractivity contribution in [2.45, 2.75) is 43.2 Å². The number of carbonyl (C=O) groups is 2. The molecule has 0 aliphatic rings. The lowest BCUT2D eigenvalue weighted by Gasteiger charge is -2.13. The molecule has 0 saturated heterocycles. The van der Waals surface area contributed by atoms with Crippen LogP contribution in [-0.2, 0) is 23.0 Å². The smallest absolute Gasteiger partial charge is 0.355 e. The largest absolute Gasteiger partial charge is 0.476 e. The van der Waals surface area contributed by atoms with Gasteiger partial charge < -0.3 is 15.0 Å². The number of carboxylic acids is 1. The Bertz CT molecular complexity index is 1320. The summed E-state index contributed by atoms with van der Waals surface area (Å²) in [4.78, 5) is 28.3. The number of benzene rings is 2. The maximum atomic E-state index is 12.9. The minimum Gasteiger partial charge on any atom is -0.476 e. The number of aromatic carboxylic acids is 1. The average Bonchev–Trinajstić information content (AvgIpc) is 3.20. The van der Waals surface area contributed by atoms with Gasteiger partial charge in [0.15, 0.2) is 5.69 Å². The van der Waals surface area contributed by atoms with Crippen molar-refractivity contribution in [2.75, 3.05) is 12.8 Å². The standard InChI is InChI=1S/C24H28N4O5S2/c1-4-14-25-24(31)27-35(32,33)19-9-7-6-8-18(19)17-12-10-16(11-13-17)15-28-20(5-2)26-22(34-3)21(28)23(29)30/h6-13H,4-5,14-15H2,1-3H3,(H,29,30)(H2,25,27,31). The molecule has 3 N–H and O–H groups in total. The lowest BCUT2D eigenvalue weighted by molar-refractivity contribution is 0.0681. The van der Waals surface area contributed by atoms with Gasteiger partial charge in [-0.15, -0.1) is 11.8 Å². The molecule has 0 saturated carbocycles. The van der Waals surface area contributed by atoms with Gasteiger partial charge in [-0.25, -0.2) is 27.7 Å². The van der Waals surface area contributed by atoms with Crippen molar-refractivity contribution in [3.05, 3.63) is 65.6 Å². The number of imidazole rings is 1. The zero-order chi connectivity index (χ0) is 25.6. The quantitative estimate of drug-likeness (QED) is 0.348. The maximum Gasteiger partial charge on any atom is 0.355 e. The van der Waals surface area contributed by atoms with Crippen molar-refractivity contribution in [3.8, 4) is 11.1 Å². The van der Waals surface area contributed by atoms with E-state index in [4.69, 9.17) is 0 Å². The average molecular weight is 517 g/mol. The zero-order valence-electron chi connectivity index (χ0n) is 19.7. The van der Waals surface area contributed by atoms with Crippen LogP contribution in [-0.4, -0.2) is 47.9 Å². The van der Waals surface area contributed by atoms with Crippen LogP contribution in [0.2, 0.25) is 0 Å². The third-order valence-electron chi connectivity index (χ3n) is 5.27. The molecule has 0 atom stereocenters. The van der Waals surface area contributed by atoms with Crippen LogP contribution >= 0.6 is 11.8 Å². The van der Waals surface area contributed by atoms with E-state index in [0.29, 0.717) is 47.9 Å². The molecule has 0 bridgehead atoms. The monoisotopic (exact) mass is 516 g/mol. The van der Waals surface area contributed by atoms with Crippen molar-refractivity contribution in [3.63, 3.8) is 0 Å². The fourth-order valence-corrected chi connectivity index (χ4v) is 5.37. The second-order valence-corrected chi connectivity index (χ2v) is 10.1. The van der Waals surface area contributed by atoms with Crippen LogP contribution in [0.4, 0.5) is 4.79 Å². The van der Waals surface area contributed by atoms with Crippen LogP contribution < -0.4 is 10.0 Å². The SMILES string of the molecule is CCCNC(=O)NS(=O)(=O)c1ccccc1-c1ccc(Cn2c(CC)nc(SC)c2C(=O)O)cc1.